The molecule has 1 heterocycles. The molecule has 20 heavy (non-hydrogen) atoms. The number of hydrogen-bond acceptors (Lipinski definition) is 3. The standard InChI is InChI=1S/C17H24N2O/c1-4-10-19-17(16(5-2)20-3)14-9-8-13-7-6-11-18-15(13)12-14/h6-9,11-12,16-17,19H,4-5,10H2,1-3H3. The smallest absolute Gasteiger partial charge is 0.0763 e. The molecule has 2 unspecified atom stereocenters. The number of hydrogen-bond donors (Lipinski definition) is 1. The lowest BCUT2D eigenvalue weighted by atomic mass is 9.98. The Morgan fingerprint density at radius 1 is 1.25 bits per heavy atom. The molecule has 2 atom stereocenters. The van der Waals surface area contributed by atoms with Crippen molar-refractivity contribution in [2.24, 2.45) is 0 Å². The van der Waals surface area contributed by atoms with Gasteiger partial charge in [0.1, 0.15) is 0 Å². The first kappa shape index (κ1) is 14.9. The van der Waals surface area contributed by atoms with E-state index in [9.17, 15) is 0 Å². The maximum atomic E-state index is 5.64. The van der Waals surface area contributed by atoms with Crippen LogP contribution in [0.15, 0.2) is 36.5 Å². The molecule has 2 rings (SSSR count). The Hall–Kier alpha value is -1.45. The fourth-order valence-corrected chi connectivity index (χ4v) is 2.58. The van der Waals surface area contributed by atoms with Crippen LogP contribution in [-0.4, -0.2) is 24.7 Å². The van der Waals surface area contributed by atoms with Gasteiger partial charge in [-0.05, 0) is 37.1 Å². The van der Waals surface area contributed by atoms with Gasteiger partial charge in [0.15, 0.2) is 0 Å². The summed E-state index contributed by atoms with van der Waals surface area (Å²) in [5.41, 5.74) is 2.29. The van der Waals surface area contributed by atoms with Crippen molar-refractivity contribution in [3.63, 3.8) is 0 Å². The molecule has 1 aromatic carbocycles. The third-order valence-electron chi connectivity index (χ3n) is 3.68. The molecule has 0 aliphatic rings. The molecule has 0 bridgehead atoms. The highest BCUT2D eigenvalue weighted by Gasteiger charge is 2.21. The molecule has 0 aliphatic carbocycles. The summed E-state index contributed by atoms with van der Waals surface area (Å²) in [6.07, 6.45) is 4.12. The molecule has 3 heteroatoms. The third kappa shape index (κ3) is 3.35. The molecule has 0 fully saturated rings. The van der Waals surface area contributed by atoms with E-state index in [0.29, 0.717) is 0 Å². The van der Waals surface area contributed by atoms with Gasteiger partial charge in [-0.3, -0.25) is 4.98 Å². The first-order valence-electron chi connectivity index (χ1n) is 7.41. The normalized spacial score (nSPS) is 14.3. The van der Waals surface area contributed by atoms with Gasteiger partial charge in [0, 0.05) is 18.7 Å². The molecule has 2 aromatic rings. The van der Waals surface area contributed by atoms with Gasteiger partial charge in [0.2, 0.25) is 0 Å². The fraction of sp³-hybridized carbons (Fsp3) is 0.471. The van der Waals surface area contributed by atoms with Crippen molar-refractivity contribution in [3.8, 4) is 0 Å². The van der Waals surface area contributed by atoms with Crippen LogP contribution < -0.4 is 5.32 Å². The zero-order valence-electron chi connectivity index (χ0n) is 12.6. The Morgan fingerprint density at radius 3 is 2.80 bits per heavy atom. The molecule has 0 spiro atoms. The van der Waals surface area contributed by atoms with Crippen LogP contribution in [0.2, 0.25) is 0 Å². The fourth-order valence-electron chi connectivity index (χ4n) is 2.58. The lowest BCUT2D eigenvalue weighted by Crippen LogP contribution is -2.33. The van der Waals surface area contributed by atoms with Crippen molar-refractivity contribution in [2.75, 3.05) is 13.7 Å². The van der Waals surface area contributed by atoms with Crippen molar-refractivity contribution in [3.05, 3.63) is 42.1 Å². The Kier molecular flexibility index (Phi) is 5.50. The van der Waals surface area contributed by atoms with E-state index in [0.717, 1.165) is 24.9 Å². The Balaban J connectivity index is 2.33. The molecular formula is C17H24N2O. The van der Waals surface area contributed by atoms with Gasteiger partial charge >= 0.3 is 0 Å². The van der Waals surface area contributed by atoms with Crippen LogP contribution in [0.3, 0.4) is 0 Å². The maximum Gasteiger partial charge on any atom is 0.0763 e. The van der Waals surface area contributed by atoms with Gasteiger partial charge in [-0.1, -0.05) is 32.0 Å². The highest BCUT2D eigenvalue weighted by atomic mass is 16.5. The van der Waals surface area contributed by atoms with E-state index in [-0.39, 0.29) is 12.1 Å². The molecule has 108 valence electrons. The molecule has 1 N–H and O–H groups in total. The summed E-state index contributed by atoms with van der Waals surface area (Å²) in [6.45, 7) is 5.33. The van der Waals surface area contributed by atoms with Crippen LogP contribution in [0.1, 0.15) is 38.3 Å². The Morgan fingerprint density at radius 2 is 2.10 bits per heavy atom. The Bertz CT molecular complexity index is 537. The zero-order chi connectivity index (χ0) is 14.4. The number of rotatable bonds is 7. The van der Waals surface area contributed by atoms with E-state index >= 15 is 0 Å². The number of aromatic nitrogens is 1. The highest BCUT2D eigenvalue weighted by Crippen LogP contribution is 2.24. The maximum absolute atomic E-state index is 5.64. The summed E-state index contributed by atoms with van der Waals surface area (Å²) >= 11 is 0. The van der Waals surface area contributed by atoms with Crippen LogP contribution in [0.4, 0.5) is 0 Å². The molecule has 0 amide bonds. The van der Waals surface area contributed by atoms with Crippen molar-refractivity contribution in [2.45, 2.75) is 38.8 Å². The van der Waals surface area contributed by atoms with Gasteiger partial charge in [0.05, 0.1) is 17.7 Å². The summed E-state index contributed by atoms with van der Waals surface area (Å²) in [5.74, 6) is 0. The number of benzene rings is 1. The predicted octanol–water partition coefficient (Wildman–Crippen LogP) is 3.70. The van der Waals surface area contributed by atoms with Gasteiger partial charge < -0.3 is 10.1 Å². The molecule has 0 radical (unpaired) electrons. The van der Waals surface area contributed by atoms with Crippen LogP contribution >= 0.6 is 0 Å². The molecule has 0 aliphatic heterocycles. The van der Waals surface area contributed by atoms with Crippen molar-refractivity contribution >= 4 is 10.9 Å². The van der Waals surface area contributed by atoms with Crippen LogP contribution in [-0.2, 0) is 4.74 Å². The quantitative estimate of drug-likeness (QED) is 0.834. The van der Waals surface area contributed by atoms with E-state index in [1.807, 2.05) is 12.3 Å². The van der Waals surface area contributed by atoms with Crippen LogP contribution in [0.25, 0.3) is 10.9 Å². The summed E-state index contributed by atoms with van der Waals surface area (Å²) in [5, 5.41) is 4.78. The molecule has 0 saturated heterocycles. The van der Waals surface area contributed by atoms with Crippen molar-refractivity contribution in [1.82, 2.24) is 10.3 Å². The van der Waals surface area contributed by atoms with Gasteiger partial charge in [-0.25, -0.2) is 0 Å². The topological polar surface area (TPSA) is 34.2 Å². The van der Waals surface area contributed by atoms with Crippen LogP contribution in [0, 0.1) is 0 Å². The van der Waals surface area contributed by atoms with E-state index in [1.54, 1.807) is 7.11 Å². The van der Waals surface area contributed by atoms with Crippen molar-refractivity contribution in [1.29, 1.82) is 0 Å². The Labute approximate surface area is 121 Å². The molecular weight excluding hydrogens is 248 g/mol. The molecule has 1 aromatic heterocycles. The number of pyridine rings is 1. The monoisotopic (exact) mass is 272 g/mol. The minimum absolute atomic E-state index is 0.183. The first-order chi connectivity index (χ1) is 9.80. The van der Waals surface area contributed by atoms with E-state index in [4.69, 9.17) is 4.74 Å². The second kappa shape index (κ2) is 7.36. The zero-order valence-corrected chi connectivity index (χ0v) is 12.6. The van der Waals surface area contributed by atoms with Crippen molar-refractivity contribution < 1.29 is 4.74 Å². The van der Waals surface area contributed by atoms with E-state index in [1.165, 1.54) is 10.9 Å². The summed E-state index contributed by atoms with van der Waals surface area (Å²) < 4.78 is 5.64. The van der Waals surface area contributed by atoms with E-state index < -0.39 is 0 Å². The molecule has 3 nitrogen and oxygen atoms in total. The SMILES string of the molecule is CCCNC(c1ccc2cccnc2c1)C(CC)OC. The summed E-state index contributed by atoms with van der Waals surface area (Å²) in [6, 6.07) is 10.8. The van der Waals surface area contributed by atoms with E-state index in [2.05, 4.69) is 48.4 Å². The summed E-state index contributed by atoms with van der Waals surface area (Å²) in [7, 11) is 1.79. The van der Waals surface area contributed by atoms with Gasteiger partial charge in [-0.15, -0.1) is 0 Å². The number of nitrogens with one attached hydrogen (secondary N) is 1. The number of methoxy groups -OCH3 is 1. The average Bonchev–Trinajstić information content (AvgIpc) is 2.51. The third-order valence-corrected chi connectivity index (χ3v) is 3.68. The highest BCUT2D eigenvalue weighted by molar-refractivity contribution is 5.79. The first-order valence-corrected chi connectivity index (χ1v) is 7.41. The largest absolute Gasteiger partial charge is 0.379 e. The van der Waals surface area contributed by atoms with Gasteiger partial charge in [0.25, 0.3) is 0 Å². The average molecular weight is 272 g/mol. The number of fused-ring (bicyclic) bond motifs is 1. The number of nitrogens with zero attached hydrogens (tertiary/aromatic N) is 1. The van der Waals surface area contributed by atoms with Gasteiger partial charge in [-0.2, -0.15) is 0 Å². The minimum atomic E-state index is 0.183. The number of ether oxygens (including phenoxy) is 1. The second-order valence-electron chi connectivity index (χ2n) is 5.07. The second-order valence-corrected chi connectivity index (χ2v) is 5.07. The minimum Gasteiger partial charge on any atom is -0.379 e. The summed E-state index contributed by atoms with van der Waals surface area (Å²) in [4.78, 5) is 4.45. The lowest BCUT2D eigenvalue weighted by Gasteiger charge is -2.27. The lowest BCUT2D eigenvalue weighted by molar-refractivity contribution is 0.0651. The van der Waals surface area contributed by atoms with Crippen LogP contribution in [0.5, 0.6) is 0 Å². The molecule has 0 saturated carbocycles. The predicted molar refractivity (Wildman–Crippen MR) is 83.9 cm³/mol.